The molecular formula is C10H14N4O. The molecule has 2 N–H and O–H groups in total. The van der Waals surface area contributed by atoms with Gasteiger partial charge in [0.1, 0.15) is 0 Å². The lowest BCUT2D eigenvalue weighted by atomic mass is 10.3. The Balaban J connectivity index is 2.38. The lowest BCUT2D eigenvalue weighted by Gasteiger charge is -2.21. The second kappa shape index (κ2) is 3.86. The van der Waals surface area contributed by atoms with Crippen molar-refractivity contribution >= 4 is 16.9 Å². The summed E-state index contributed by atoms with van der Waals surface area (Å²) in [5.74, 6) is 0. The number of fused-ring (bicyclic) bond motifs is 1. The number of likely N-dealkylation sites (N-methyl/N-ethyl adjacent to an activating group) is 1. The molecule has 0 saturated heterocycles. The van der Waals surface area contributed by atoms with Crippen LogP contribution in [-0.4, -0.2) is 29.6 Å². The molecule has 2 rings (SSSR count). The highest BCUT2D eigenvalue weighted by Gasteiger charge is 2.10. The number of nitrogens with two attached hydrogens (primary N) is 1. The first kappa shape index (κ1) is 9.92. The maximum atomic E-state index is 5.75. The van der Waals surface area contributed by atoms with Crippen LogP contribution in [0.3, 0.4) is 0 Å². The fourth-order valence-corrected chi connectivity index (χ4v) is 1.60. The van der Waals surface area contributed by atoms with Crippen LogP contribution in [0.15, 0.2) is 23.1 Å². The number of rotatable bonds is 3. The Hall–Kier alpha value is -1.62. The highest BCUT2D eigenvalue weighted by atomic mass is 16.3. The summed E-state index contributed by atoms with van der Waals surface area (Å²) >= 11 is 0. The first-order valence-corrected chi connectivity index (χ1v) is 4.83. The van der Waals surface area contributed by atoms with E-state index in [1.165, 1.54) is 6.39 Å². The van der Waals surface area contributed by atoms with E-state index >= 15 is 0 Å². The second-order valence-electron chi connectivity index (χ2n) is 3.69. The van der Waals surface area contributed by atoms with Crippen molar-refractivity contribution in [3.63, 3.8) is 0 Å². The molecule has 0 saturated carbocycles. The molecule has 0 fully saturated rings. The zero-order valence-electron chi connectivity index (χ0n) is 8.84. The van der Waals surface area contributed by atoms with Gasteiger partial charge in [-0.15, -0.1) is 0 Å². The number of aromatic nitrogens is 2. The van der Waals surface area contributed by atoms with E-state index in [0.717, 1.165) is 17.7 Å². The van der Waals surface area contributed by atoms with Crippen molar-refractivity contribution in [2.24, 2.45) is 5.73 Å². The summed E-state index contributed by atoms with van der Waals surface area (Å²) in [5, 5.41) is 0. The predicted octanol–water partition coefficient (Wildman–Crippen LogP) is 1.01. The molecule has 2 aromatic rings. The molecule has 0 aliphatic carbocycles. The van der Waals surface area contributed by atoms with Gasteiger partial charge in [-0.25, -0.2) is 9.97 Å². The fraction of sp³-hybridized carbons (Fsp3) is 0.400. The summed E-state index contributed by atoms with van der Waals surface area (Å²) in [6.07, 6.45) is 3.11. The molecule has 0 bridgehead atoms. The van der Waals surface area contributed by atoms with Gasteiger partial charge in [0, 0.05) is 25.8 Å². The molecule has 0 amide bonds. The van der Waals surface area contributed by atoms with Gasteiger partial charge >= 0.3 is 0 Å². The normalized spacial score (nSPS) is 13.0. The number of nitrogens with zero attached hydrogens (tertiary/aromatic N) is 3. The van der Waals surface area contributed by atoms with E-state index in [1.54, 1.807) is 6.20 Å². The minimum Gasteiger partial charge on any atom is -0.425 e. The molecule has 5 nitrogen and oxygen atoms in total. The van der Waals surface area contributed by atoms with E-state index in [-0.39, 0.29) is 6.04 Å². The van der Waals surface area contributed by atoms with Crippen LogP contribution in [0.1, 0.15) is 6.92 Å². The number of hydrogen-bond acceptors (Lipinski definition) is 5. The van der Waals surface area contributed by atoms with E-state index in [9.17, 15) is 0 Å². The smallest absolute Gasteiger partial charge is 0.248 e. The summed E-state index contributed by atoms with van der Waals surface area (Å²) in [6, 6.07) is 2.03. The third kappa shape index (κ3) is 1.92. The van der Waals surface area contributed by atoms with Crippen molar-refractivity contribution in [2.45, 2.75) is 13.0 Å². The molecule has 0 aliphatic heterocycles. The van der Waals surface area contributed by atoms with Gasteiger partial charge < -0.3 is 15.1 Å². The maximum absolute atomic E-state index is 5.75. The second-order valence-corrected chi connectivity index (χ2v) is 3.69. The molecule has 1 unspecified atom stereocenters. The van der Waals surface area contributed by atoms with Gasteiger partial charge in [0.05, 0.1) is 5.69 Å². The van der Waals surface area contributed by atoms with Crippen LogP contribution in [0.4, 0.5) is 5.69 Å². The Bertz CT molecular complexity index is 451. The number of anilines is 1. The first-order valence-electron chi connectivity index (χ1n) is 4.83. The van der Waals surface area contributed by atoms with Crippen LogP contribution >= 0.6 is 0 Å². The van der Waals surface area contributed by atoms with E-state index in [1.807, 2.05) is 20.0 Å². The van der Waals surface area contributed by atoms with Gasteiger partial charge in [-0.05, 0) is 13.0 Å². The summed E-state index contributed by atoms with van der Waals surface area (Å²) in [5.41, 5.74) is 8.08. The highest BCUT2D eigenvalue weighted by Crippen LogP contribution is 2.22. The zero-order valence-corrected chi connectivity index (χ0v) is 8.84. The molecule has 0 spiro atoms. The third-order valence-corrected chi connectivity index (χ3v) is 2.19. The van der Waals surface area contributed by atoms with Crippen molar-refractivity contribution in [2.75, 3.05) is 18.5 Å². The summed E-state index contributed by atoms with van der Waals surface area (Å²) in [7, 11) is 1.98. The Morgan fingerprint density at radius 3 is 3.07 bits per heavy atom. The van der Waals surface area contributed by atoms with Crippen LogP contribution < -0.4 is 10.6 Å². The molecule has 5 heteroatoms. The number of hydrogen-bond donors (Lipinski definition) is 1. The van der Waals surface area contributed by atoms with E-state index < -0.39 is 0 Å². The van der Waals surface area contributed by atoms with E-state index in [4.69, 9.17) is 10.2 Å². The Morgan fingerprint density at radius 2 is 2.33 bits per heavy atom. The third-order valence-electron chi connectivity index (χ3n) is 2.19. The molecule has 0 aromatic carbocycles. The molecule has 2 heterocycles. The van der Waals surface area contributed by atoms with E-state index in [0.29, 0.717) is 5.71 Å². The van der Waals surface area contributed by atoms with Gasteiger partial charge in [-0.3, -0.25) is 0 Å². The average molecular weight is 206 g/mol. The summed E-state index contributed by atoms with van der Waals surface area (Å²) < 4.78 is 5.13. The van der Waals surface area contributed by atoms with Crippen LogP contribution in [0.2, 0.25) is 0 Å². The SMILES string of the molecule is CC(N)CN(C)c1ccnc2ocnc12. The van der Waals surface area contributed by atoms with Crippen molar-refractivity contribution < 1.29 is 4.42 Å². The monoisotopic (exact) mass is 206 g/mol. The fourth-order valence-electron chi connectivity index (χ4n) is 1.60. The van der Waals surface area contributed by atoms with Crippen molar-refractivity contribution in [3.8, 4) is 0 Å². The zero-order chi connectivity index (χ0) is 10.8. The quantitative estimate of drug-likeness (QED) is 0.811. The minimum absolute atomic E-state index is 0.116. The lowest BCUT2D eigenvalue weighted by Crippen LogP contribution is -2.32. The van der Waals surface area contributed by atoms with Gasteiger partial charge in [0.15, 0.2) is 11.9 Å². The molecule has 0 aliphatic rings. The largest absolute Gasteiger partial charge is 0.425 e. The van der Waals surface area contributed by atoms with Gasteiger partial charge in [0.2, 0.25) is 5.71 Å². The standard InChI is InChI=1S/C10H14N4O/c1-7(11)5-14(2)8-3-4-12-10-9(8)13-6-15-10/h3-4,6-7H,5,11H2,1-2H3. The van der Waals surface area contributed by atoms with Gasteiger partial charge in [-0.1, -0.05) is 0 Å². The lowest BCUT2D eigenvalue weighted by molar-refractivity contribution is 0.590. The molecule has 1 atom stereocenters. The Labute approximate surface area is 87.9 Å². The number of pyridine rings is 1. The Kier molecular flexibility index (Phi) is 2.55. The highest BCUT2D eigenvalue weighted by molar-refractivity contribution is 5.83. The molecule has 2 aromatic heterocycles. The van der Waals surface area contributed by atoms with Crippen LogP contribution in [0.25, 0.3) is 11.2 Å². The topological polar surface area (TPSA) is 68.2 Å². The first-order chi connectivity index (χ1) is 7.18. The van der Waals surface area contributed by atoms with Crippen LogP contribution in [0, 0.1) is 0 Å². The number of oxazole rings is 1. The minimum atomic E-state index is 0.116. The Morgan fingerprint density at radius 1 is 1.53 bits per heavy atom. The predicted molar refractivity (Wildman–Crippen MR) is 58.7 cm³/mol. The van der Waals surface area contributed by atoms with Crippen molar-refractivity contribution in [3.05, 3.63) is 18.7 Å². The van der Waals surface area contributed by atoms with E-state index in [2.05, 4.69) is 14.9 Å². The molecule has 80 valence electrons. The average Bonchev–Trinajstić information content (AvgIpc) is 2.63. The molecule has 0 radical (unpaired) electrons. The van der Waals surface area contributed by atoms with Gasteiger partial charge in [0.25, 0.3) is 0 Å². The molecule has 15 heavy (non-hydrogen) atoms. The maximum Gasteiger partial charge on any atom is 0.248 e. The molecular weight excluding hydrogens is 192 g/mol. The summed E-state index contributed by atoms with van der Waals surface area (Å²) in [6.45, 7) is 2.74. The summed E-state index contributed by atoms with van der Waals surface area (Å²) in [4.78, 5) is 10.3. The van der Waals surface area contributed by atoms with Crippen molar-refractivity contribution in [1.82, 2.24) is 9.97 Å². The van der Waals surface area contributed by atoms with Crippen LogP contribution in [0.5, 0.6) is 0 Å². The van der Waals surface area contributed by atoms with Crippen molar-refractivity contribution in [1.29, 1.82) is 0 Å². The van der Waals surface area contributed by atoms with Crippen LogP contribution in [-0.2, 0) is 0 Å². The van der Waals surface area contributed by atoms with Gasteiger partial charge in [-0.2, -0.15) is 0 Å².